The SMILES string of the molecule is C#Cc1cccc(NC(=O)CN=C(NCC)N(C)Cc2csc(C(C)OC)n2)c1.I. The summed E-state index contributed by atoms with van der Waals surface area (Å²) >= 11 is 1.57. The van der Waals surface area contributed by atoms with E-state index in [1.807, 2.05) is 37.2 Å². The smallest absolute Gasteiger partial charge is 0.246 e. The van der Waals surface area contributed by atoms with Crippen molar-refractivity contribution in [2.24, 2.45) is 4.99 Å². The first-order valence-electron chi connectivity index (χ1n) is 9.29. The number of aromatic nitrogens is 1. The normalized spacial score (nSPS) is 11.8. The molecule has 2 N–H and O–H groups in total. The van der Waals surface area contributed by atoms with E-state index in [1.165, 1.54) is 0 Å². The van der Waals surface area contributed by atoms with Crippen LogP contribution in [-0.2, 0) is 16.1 Å². The number of amides is 1. The molecule has 0 aliphatic heterocycles. The molecule has 1 heterocycles. The quantitative estimate of drug-likeness (QED) is 0.232. The Bertz CT molecular complexity index is 894. The van der Waals surface area contributed by atoms with Crippen molar-refractivity contribution in [1.29, 1.82) is 0 Å². The van der Waals surface area contributed by atoms with Crippen LogP contribution in [0.15, 0.2) is 34.6 Å². The Morgan fingerprint density at radius 3 is 2.90 bits per heavy atom. The molecule has 1 aromatic heterocycles. The third-order valence-electron chi connectivity index (χ3n) is 4.05. The summed E-state index contributed by atoms with van der Waals surface area (Å²) in [6.07, 6.45) is 5.36. The Morgan fingerprint density at radius 1 is 1.47 bits per heavy atom. The van der Waals surface area contributed by atoms with Crippen LogP contribution in [0.1, 0.15) is 36.2 Å². The number of carbonyl (C=O) groups is 1. The van der Waals surface area contributed by atoms with E-state index in [-0.39, 0.29) is 42.5 Å². The Hall–Kier alpha value is -2.16. The van der Waals surface area contributed by atoms with E-state index in [1.54, 1.807) is 36.6 Å². The molecule has 0 saturated heterocycles. The van der Waals surface area contributed by atoms with Gasteiger partial charge in [-0.25, -0.2) is 9.98 Å². The first kappa shape index (κ1) is 25.9. The van der Waals surface area contributed by atoms with Gasteiger partial charge in [-0.1, -0.05) is 12.0 Å². The van der Waals surface area contributed by atoms with Gasteiger partial charge < -0.3 is 20.3 Å². The molecule has 1 atom stereocenters. The Kier molecular flexibility index (Phi) is 11.4. The molecule has 2 aromatic rings. The van der Waals surface area contributed by atoms with Crippen molar-refractivity contribution < 1.29 is 9.53 Å². The summed E-state index contributed by atoms with van der Waals surface area (Å²) in [6, 6.07) is 7.15. The van der Waals surface area contributed by atoms with Crippen LogP contribution in [0.4, 0.5) is 5.69 Å². The number of nitrogens with one attached hydrogen (secondary N) is 2. The maximum absolute atomic E-state index is 12.3. The molecule has 30 heavy (non-hydrogen) atoms. The number of methoxy groups -OCH3 is 1. The van der Waals surface area contributed by atoms with Gasteiger partial charge in [0.05, 0.1) is 12.2 Å². The zero-order chi connectivity index (χ0) is 21.2. The fraction of sp³-hybridized carbons (Fsp3) is 0.381. The summed E-state index contributed by atoms with van der Waals surface area (Å²) in [5, 5.41) is 8.96. The van der Waals surface area contributed by atoms with Gasteiger partial charge in [0.25, 0.3) is 0 Å². The highest BCUT2D eigenvalue weighted by atomic mass is 127. The standard InChI is InChI=1S/C21H27N5O2S.HI/c1-6-16-9-8-10-17(11-16)24-19(27)12-23-21(22-7-2)26(4)13-18-14-29-20(25-18)15(3)28-5;/h1,8-11,14-15H,7,12-13H2,2-5H3,(H,22,23)(H,24,27);1H. The summed E-state index contributed by atoms with van der Waals surface area (Å²) in [5.74, 6) is 2.97. The van der Waals surface area contributed by atoms with E-state index in [4.69, 9.17) is 11.2 Å². The lowest BCUT2D eigenvalue weighted by atomic mass is 10.2. The number of rotatable bonds is 8. The number of terminal acetylenes is 1. The van der Waals surface area contributed by atoms with E-state index in [9.17, 15) is 4.79 Å². The predicted molar refractivity (Wildman–Crippen MR) is 133 cm³/mol. The molecular formula is C21H28IN5O2S. The van der Waals surface area contributed by atoms with Crippen molar-refractivity contribution in [1.82, 2.24) is 15.2 Å². The van der Waals surface area contributed by atoms with Crippen LogP contribution in [0.3, 0.4) is 0 Å². The molecule has 0 aliphatic rings. The number of anilines is 1. The van der Waals surface area contributed by atoms with Gasteiger partial charge in [0, 0.05) is 37.3 Å². The molecule has 0 bridgehead atoms. The van der Waals surface area contributed by atoms with Crippen LogP contribution in [-0.4, -0.2) is 49.0 Å². The Balaban J connectivity index is 0.00000450. The Labute approximate surface area is 199 Å². The van der Waals surface area contributed by atoms with E-state index in [0.29, 0.717) is 30.3 Å². The third kappa shape index (κ3) is 7.93. The molecule has 0 aliphatic carbocycles. The van der Waals surface area contributed by atoms with Crippen LogP contribution < -0.4 is 10.6 Å². The summed E-state index contributed by atoms with van der Waals surface area (Å²) in [4.78, 5) is 23.2. The lowest BCUT2D eigenvalue weighted by Crippen LogP contribution is -2.39. The lowest BCUT2D eigenvalue weighted by Gasteiger charge is -2.21. The van der Waals surface area contributed by atoms with Gasteiger partial charge in [0.1, 0.15) is 17.7 Å². The average molecular weight is 541 g/mol. The van der Waals surface area contributed by atoms with Gasteiger partial charge in [0.15, 0.2) is 5.96 Å². The number of guanidine groups is 1. The second-order valence-electron chi connectivity index (χ2n) is 6.35. The average Bonchev–Trinajstić information content (AvgIpc) is 3.19. The highest BCUT2D eigenvalue weighted by Gasteiger charge is 2.13. The number of carbonyl (C=O) groups excluding carboxylic acids is 1. The second kappa shape index (κ2) is 13.2. The molecule has 0 fully saturated rings. The van der Waals surface area contributed by atoms with E-state index in [0.717, 1.165) is 10.7 Å². The van der Waals surface area contributed by atoms with Crippen molar-refractivity contribution in [3.63, 3.8) is 0 Å². The number of halogens is 1. The summed E-state index contributed by atoms with van der Waals surface area (Å²) < 4.78 is 5.31. The van der Waals surface area contributed by atoms with Crippen LogP contribution in [0, 0.1) is 12.3 Å². The number of hydrogen-bond donors (Lipinski definition) is 2. The van der Waals surface area contributed by atoms with Crippen molar-refractivity contribution in [2.45, 2.75) is 26.5 Å². The maximum atomic E-state index is 12.3. The molecule has 9 heteroatoms. The topological polar surface area (TPSA) is 78.9 Å². The summed E-state index contributed by atoms with van der Waals surface area (Å²) in [6.45, 7) is 5.21. The first-order valence-corrected chi connectivity index (χ1v) is 10.2. The minimum Gasteiger partial charge on any atom is -0.375 e. The van der Waals surface area contributed by atoms with Crippen molar-refractivity contribution in [3.8, 4) is 12.3 Å². The third-order valence-corrected chi connectivity index (χ3v) is 5.11. The molecule has 0 spiro atoms. The van der Waals surface area contributed by atoms with Crippen LogP contribution in [0.5, 0.6) is 0 Å². The molecule has 0 radical (unpaired) electrons. The maximum Gasteiger partial charge on any atom is 0.246 e. The lowest BCUT2D eigenvalue weighted by molar-refractivity contribution is -0.114. The fourth-order valence-electron chi connectivity index (χ4n) is 2.50. The van der Waals surface area contributed by atoms with Crippen LogP contribution >= 0.6 is 35.3 Å². The van der Waals surface area contributed by atoms with Crippen molar-refractivity contribution in [3.05, 3.63) is 45.9 Å². The van der Waals surface area contributed by atoms with E-state index in [2.05, 4.69) is 26.5 Å². The first-order chi connectivity index (χ1) is 14.0. The molecule has 0 saturated carbocycles. The Morgan fingerprint density at radius 2 is 2.23 bits per heavy atom. The van der Waals surface area contributed by atoms with Gasteiger partial charge in [0.2, 0.25) is 5.91 Å². The highest BCUT2D eigenvalue weighted by molar-refractivity contribution is 14.0. The fourth-order valence-corrected chi connectivity index (χ4v) is 3.35. The van der Waals surface area contributed by atoms with E-state index < -0.39 is 0 Å². The van der Waals surface area contributed by atoms with Crippen molar-refractivity contribution in [2.75, 3.05) is 32.6 Å². The molecule has 1 unspecified atom stereocenters. The monoisotopic (exact) mass is 541 g/mol. The van der Waals surface area contributed by atoms with Gasteiger partial charge in [-0.2, -0.15) is 0 Å². The molecule has 7 nitrogen and oxygen atoms in total. The zero-order valence-corrected chi connectivity index (χ0v) is 20.8. The van der Waals surface area contributed by atoms with Gasteiger partial charge in [-0.3, -0.25) is 4.79 Å². The second-order valence-corrected chi connectivity index (χ2v) is 7.24. The zero-order valence-electron chi connectivity index (χ0n) is 17.6. The number of hydrogen-bond acceptors (Lipinski definition) is 5. The summed E-state index contributed by atoms with van der Waals surface area (Å²) in [5.41, 5.74) is 2.30. The predicted octanol–water partition coefficient (Wildman–Crippen LogP) is 3.49. The molecular weight excluding hydrogens is 513 g/mol. The highest BCUT2D eigenvalue weighted by Crippen LogP contribution is 2.20. The number of benzene rings is 1. The minimum absolute atomic E-state index is 0. The molecule has 2 rings (SSSR count). The van der Waals surface area contributed by atoms with Gasteiger partial charge in [-0.15, -0.1) is 41.7 Å². The molecule has 1 aromatic carbocycles. The van der Waals surface area contributed by atoms with Gasteiger partial charge >= 0.3 is 0 Å². The molecule has 162 valence electrons. The summed E-state index contributed by atoms with van der Waals surface area (Å²) in [7, 11) is 3.58. The number of nitrogens with zero attached hydrogens (tertiary/aromatic N) is 3. The van der Waals surface area contributed by atoms with Gasteiger partial charge in [-0.05, 0) is 32.0 Å². The number of thiazole rings is 1. The van der Waals surface area contributed by atoms with E-state index >= 15 is 0 Å². The minimum atomic E-state index is -0.215. The van der Waals surface area contributed by atoms with Crippen LogP contribution in [0.25, 0.3) is 0 Å². The van der Waals surface area contributed by atoms with Crippen LogP contribution in [0.2, 0.25) is 0 Å². The van der Waals surface area contributed by atoms with Crippen molar-refractivity contribution >= 4 is 52.9 Å². The largest absolute Gasteiger partial charge is 0.375 e. The molecule has 1 amide bonds. The number of aliphatic imine (C=N–C) groups is 1. The number of ether oxygens (including phenoxy) is 1.